The van der Waals surface area contributed by atoms with Crippen molar-refractivity contribution in [2.24, 2.45) is 5.16 Å². The van der Waals surface area contributed by atoms with Gasteiger partial charge in [0.25, 0.3) is 0 Å². The molecule has 1 spiro atoms. The van der Waals surface area contributed by atoms with Crippen molar-refractivity contribution in [1.29, 1.82) is 0 Å². The Hall–Kier alpha value is -0.520. The lowest BCUT2D eigenvalue weighted by molar-refractivity contribution is -0.109. The first-order chi connectivity index (χ1) is 9.26. The second-order valence-electron chi connectivity index (χ2n) is 5.53. The molecule has 3 aliphatic rings. The third-order valence-electron chi connectivity index (χ3n) is 4.43. The molecule has 0 amide bonds. The fraction of sp³-hybridized carbons (Fsp3) is 0.786. The second-order valence-corrected chi connectivity index (χ2v) is 6.58. The number of ether oxygens (including phenoxy) is 1. The molecule has 0 N–H and O–H groups in total. The van der Waals surface area contributed by atoms with Gasteiger partial charge in [-0.05, 0) is 30.9 Å². The Morgan fingerprint density at radius 3 is 3.00 bits per heavy atom. The predicted molar refractivity (Wildman–Crippen MR) is 78.5 cm³/mol. The van der Waals surface area contributed by atoms with E-state index in [9.17, 15) is 0 Å². The number of piperidine rings is 1. The summed E-state index contributed by atoms with van der Waals surface area (Å²) in [4.78, 5) is 7.54. The summed E-state index contributed by atoms with van der Waals surface area (Å²) < 4.78 is 6.44. The highest BCUT2D eigenvalue weighted by atomic mass is 32.2. The third-order valence-corrected chi connectivity index (χ3v) is 5.58. The fourth-order valence-corrected chi connectivity index (χ4v) is 4.29. The molecule has 3 rings (SSSR count). The maximum absolute atomic E-state index is 6.44. The van der Waals surface area contributed by atoms with Crippen molar-refractivity contribution in [3.05, 3.63) is 11.5 Å². The van der Waals surface area contributed by atoms with Gasteiger partial charge in [0.15, 0.2) is 0 Å². The van der Waals surface area contributed by atoms with E-state index in [4.69, 9.17) is 9.57 Å². The first-order valence-corrected chi connectivity index (χ1v) is 8.03. The molecule has 2 atom stereocenters. The van der Waals surface area contributed by atoms with Crippen LogP contribution >= 0.6 is 11.8 Å². The molecular weight excluding hydrogens is 260 g/mol. The minimum absolute atomic E-state index is 0.0144. The van der Waals surface area contributed by atoms with E-state index in [1.807, 2.05) is 0 Å². The number of rotatable bonds is 2. The molecule has 0 aromatic carbocycles. The molecule has 2 saturated heterocycles. The molecule has 5 heteroatoms. The normalized spacial score (nSPS) is 35.8. The largest absolute Gasteiger partial charge is 0.399 e. The van der Waals surface area contributed by atoms with Crippen LogP contribution in [0.2, 0.25) is 0 Å². The predicted octanol–water partition coefficient (Wildman–Crippen LogP) is 2.26. The van der Waals surface area contributed by atoms with Crippen molar-refractivity contribution < 1.29 is 9.57 Å². The van der Waals surface area contributed by atoms with Crippen LogP contribution in [0.15, 0.2) is 16.6 Å². The molecule has 106 valence electrons. The van der Waals surface area contributed by atoms with Gasteiger partial charge in [0.05, 0.1) is 22.7 Å². The Morgan fingerprint density at radius 1 is 1.53 bits per heavy atom. The van der Waals surface area contributed by atoms with Crippen molar-refractivity contribution >= 4 is 17.5 Å². The van der Waals surface area contributed by atoms with Crippen LogP contribution in [0.4, 0.5) is 0 Å². The third kappa shape index (κ3) is 2.56. The van der Waals surface area contributed by atoms with Gasteiger partial charge in [-0.2, -0.15) is 0 Å². The van der Waals surface area contributed by atoms with Crippen molar-refractivity contribution in [2.45, 2.75) is 43.1 Å². The monoisotopic (exact) mass is 282 g/mol. The average molecular weight is 282 g/mol. The van der Waals surface area contributed by atoms with Crippen LogP contribution in [-0.2, 0) is 9.57 Å². The number of likely N-dealkylation sites (tertiary alicyclic amines) is 1. The van der Waals surface area contributed by atoms with Crippen LogP contribution in [0.25, 0.3) is 0 Å². The summed E-state index contributed by atoms with van der Waals surface area (Å²) >= 11 is 1.80. The lowest BCUT2D eigenvalue weighted by Crippen LogP contribution is -2.54. The summed E-state index contributed by atoms with van der Waals surface area (Å²) in [6.07, 6.45) is 5.49. The zero-order valence-corrected chi connectivity index (χ0v) is 12.5. The molecule has 2 fully saturated rings. The van der Waals surface area contributed by atoms with Gasteiger partial charge in [-0.25, -0.2) is 0 Å². The van der Waals surface area contributed by atoms with E-state index in [-0.39, 0.29) is 11.7 Å². The van der Waals surface area contributed by atoms with Crippen LogP contribution in [0.3, 0.4) is 0 Å². The Kier molecular flexibility index (Phi) is 3.87. The van der Waals surface area contributed by atoms with E-state index >= 15 is 0 Å². The molecule has 3 aliphatic heterocycles. The van der Waals surface area contributed by atoms with Crippen LogP contribution < -0.4 is 0 Å². The average Bonchev–Trinajstić information content (AvgIpc) is 2.88. The Labute approximate surface area is 119 Å². The lowest BCUT2D eigenvalue weighted by atomic mass is 9.82. The first-order valence-electron chi connectivity index (χ1n) is 7.08. The molecule has 0 aliphatic carbocycles. The van der Waals surface area contributed by atoms with E-state index in [2.05, 4.69) is 28.5 Å². The maximum atomic E-state index is 6.44. The van der Waals surface area contributed by atoms with Crippen LogP contribution in [0, 0.1) is 0 Å². The molecule has 0 aromatic heterocycles. The SMILES string of the molecule is CCN1CCC2(CC1)CC(=NOC)C1SC=CC1O2. The number of hydrogen-bond donors (Lipinski definition) is 0. The van der Waals surface area contributed by atoms with E-state index in [0.29, 0.717) is 5.25 Å². The van der Waals surface area contributed by atoms with Crippen molar-refractivity contribution in [1.82, 2.24) is 4.90 Å². The molecule has 0 saturated carbocycles. The summed E-state index contributed by atoms with van der Waals surface area (Å²) in [6.45, 7) is 5.62. The van der Waals surface area contributed by atoms with Gasteiger partial charge >= 0.3 is 0 Å². The van der Waals surface area contributed by atoms with Crippen LogP contribution in [0.5, 0.6) is 0 Å². The molecule has 4 nitrogen and oxygen atoms in total. The molecule has 19 heavy (non-hydrogen) atoms. The fourth-order valence-electron chi connectivity index (χ4n) is 3.29. The summed E-state index contributed by atoms with van der Waals surface area (Å²) in [5, 5.41) is 6.75. The molecular formula is C14H22N2O2S. The molecule has 3 heterocycles. The topological polar surface area (TPSA) is 34.1 Å². The van der Waals surface area contributed by atoms with Crippen molar-refractivity contribution in [3.63, 3.8) is 0 Å². The Morgan fingerprint density at radius 2 is 2.32 bits per heavy atom. The summed E-state index contributed by atoms with van der Waals surface area (Å²) in [6, 6.07) is 0. The molecule has 0 bridgehead atoms. The standard InChI is InChI=1S/C14H22N2O2S/c1-3-16-7-5-14(6-8-16)10-11(15-17-2)13-12(18-14)4-9-19-13/h4,9,12-13H,3,5-8,10H2,1-2H3. The number of oxime groups is 1. The van der Waals surface area contributed by atoms with Gasteiger partial charge in [-0.3, -0.25) is 0 Å². The quantitative estimate of drug-likeness (QED) is 0.728. The zero-order chi connectivity index (χ0) is 13.3. The minimum atomic E-state index is -0.0144. The van der Waals surface area contributed by atoms with Crippen molar-refractivity contribution in [2.75, 3.05) is 26.7 Å². The van der Waals surface area contributed by atoms with Crippen LogP contribution in [0.1, 0.15) is 26.2 Å². The van der Waals surface area contributed by atoms with E-state index in [1.54, 1.807) is 18.9 Å². The van der Waals surface area contributed by atoms with Gasteiger partial charge in [0.1, 0.15) is 7.11 Å². The van der Waals surface area contributed by atoms with Gasteiger partial charge in [0, 0.05) is 19.5 Å². The smallest absolute Gasteiger partial charge is 0.106 e. The highest BCUT2D eigenvalue weighted by Crippen LogP contribution is 2.43. The lowest BCUT2D eigenvalue weighted by Gasteiger charge is -2.47. The van der Waals surface area contributed by atoms with Crippen LogP contribution in [-0.4, -0.2) is 54.3 Å². The molecule has 0 radical (unpaired) electrons. The minimum Gasteiger partial charge on any atom is -0.399 e. The van der Waals surface area contributed by atoms with Crippen molar-refractivity contribution in [3.8, 4) is 0 Å². The second kappa shape index (κ2) is 5.46. The maximum Gasteiger partial charge on any atom is 0.106 e. The molecule has 0 aromatic rings. The Balaban J connectivity index is 1.76. The first kappa shape index (κ1) is 13.5. The number of hydrogen-bond acceptors (Lipinski definition) is 5. The van der Waals surface area contributed by atoms with Gasteiger partial charge in [0.2, 0.25) is 0 Å². The number of nitrogens with zero attached hydrogens (tertiary/aromatic N) is 2. The Bertz CT molecular complexity index is 389. The summed E-state index contributed by atoms with van der Waals surface area (Å²) in [5.41, 5.74) is 1.15. The van der Waals surface area contributed by atoms with Gasteiger partial charge < -0.3 is 14.5 Å². The molecule has 2 unspecified atom stereocenters. The highest BCUT2D eigenvalue weighted by Gasteiger charge is 2.47. The number of thioether (sulfide) groups is 1. The van der Waals surface area contributed by atoms with E-state index in [1.165, 1.54) is 5.71 Å². The van der Waals surface area contributed by atoms with Gasteiger partial charge in [-0.1, -0.05) is 12.1 Å². The summed E-state index contributed by atoms with van der Waals surface area (Å²) in [5.74, 6) is 0. The van der Waals surface area contributed by atoms with E-state index < -0.39 is 0 Å². The number of fused-ring (bicyclic) bond motifs is 1. The zero-order valence-electron chi connectivity index (χ0n) is 11.7. The highest BCUT2D eigenvalue weighted by molar-refractivity contribution is 8.03. The van der Waals surface area contributed by atoms with Gasteiger partial charge in [-0.15, -0.1) is 11.8 Å². The van der Waals surface area contributed by atoms with E-state index in [0.717, 1.165) is 38.9 Å². The summed E-state index contributed by atoms with van der Waals surface area (Å²) in [7, 11) is 1.64.